The van der Waals surface area contributed by atoms with Gasteiger partial charge in [-0.15, -0.1) is 0 Å². The molecule has 1 saturated carbocycles. The summed E-state index contributed by atoms with van der Waals surface area (Å²) in [6, 6.07) is 3.96. The van der Waals surface area contributed by atoms with Gasteiger partial charge in [0.2, 0.25) is 11.8 Å². The lowest BCUT2D eigenvalue weighted by Crippen LogP contribution is -2.57. The van der Waals surface area contributed by atoms with Crippen LogP contribution in [0.1, 0.15) is 50.6 Å². The van der Waals surface area contributed by atoms with Crippen molar-refractivity contribution in [3.63, 3.8) is 0 Å². The fraction of sp³-hybridized carbons (Fsp3) is 0.625. The van der Waals surface area contributed by atoms with Crippen LogP contribution in [-0.2, 0) is 23.1 Å². The number of nitrogens with zero attached hydrogens (tertiary/aromatic N) is 1. The molecule has 0 saturated heterocycles. The molecule has 0 spiro atoms. The number of aryl methyl sites for hydroxylation is 2. The Bertz CT molecular complexity index is 499. The molecular weight excluding hydrogens is 266 g/mol. The first-order valence-corrected chi connectivity index (χ1v) is 7.75. The van der Waals surface area contributed by atoms with E-state index < -0.39 is 11.4 Å². The van der Waals surface area contributed by atoms with E-state index in [1.165, 1.54) is 0 Å². The Hall–Kier alpha value is -1.78. The molecule has 0 unspecified atom stereocenters. The van der Waals surface area contributed by atoms with Crippen molar-refractivity contribution in [3.8, 4) is 0 Å². The minimum absolute atomic E-state index is 0.0862. The summed E-state index contributed by atoms with van der Waals surface area (Å²) >= 11 is 0. The van der Waals surface area contributed by atoms with Gasteiger partial charge < -0.3 is 15.6 Å². The minimum Gasteiger partial charge on any atom is -0.368 e. The highest BCUT2D eigenvalue weighted by atomic mass is 16.2. The lowest BCUT2D eigenvalue weighted by Gasteiger charge is -2.30. The molecule has 0 radical (unpaired) electrons. The standard InChI is InChI=1S/C16H25N3O2/c1-19-12-6-7-13(19)8-9-14(20)18-16(15(17)21)10-4-2-3-5-11-16/h6-7,12H,2-5,8-11H2,1H3,(H2,17,21)(H,18,20). The molecule has 5 nitrogen and oxygen atoms in total. The van der Waals surface area contributed by atoms with Crippen LogP contribution in [0.4, 0.5) is 0 Å². The Balaban J connectivity index is 1.95. The van der Waals surface area contributed by atoms with Gasteiger partial charge in [-0.05, 0) is 31.4 Å². The molecule has 1 aliphatic rings. The number of carbonyl (C=O) groups is 2. The molecule has 3 N–H and O–H groups in total. The molecule has 1 aromatic heterocycles. The van der Waals surface area contributed by atoms with Gasteiger partial charge >= 0.3 is 0 Å². The van der Waals surface area contributed by atoms with Gasteiger partial charge in [-0.25, -0.2) is 0 Å². The highest BCUT2D eigenvalue weighted by molar-refractivity contribution is 5.90. The van der Waals surface area contributed by atoms with Crippen LogP contribution in [-0.4, -0.2) is 21.9 Å². The van der Waals surface area contributed by atoms with Gasteiger partial charge in [0, 0.05) is 25.4 Å². The maximum Gasteiger partial charge on any atom is 0.243 e. The fourth-order valence-corrected chi connectivity index (χ4v) is 3.09. The van der Waals surface area contributed by atoms with Crippen molar-refractivity contribution in [2.45, 2.75) is 56.9 Å². The van der Waals surface area contributed by atoms with Gasteiger partial charge in [-0.1, -0.05) is 25.7 Å². The largest absolute Gasteiger partial charge is 0.368 e. The van der Waals surface area contributed by atoms with Crippen molar-refractivity contribution >= 4 is 11.8 Å². The summed E-state index contributed by atoms with van der Waals surface area (Å²) in [6.45, 7) is 0. The van der Waals surface area contributed by atoms with E-state index in [1.807, 2.05) is 29.9 Å². The van der Waals surface area contributed by atoms with Crippen molar-refractivity contribution in [1.82, 2.24) is 9.88 Å². The number of carbonyl (C=O) groups excluding carboxylic acids is 2. The molecule has 1 aromatic rings. The lowest BCUT2D eigenvalue weighted by molar-refractivity contribution is -0.132. The molecule has 1 aliphatic carbocycles. The molecule has 1 fully saturated rings. The minimum atomic E-state index is -0.832. The van der Waals surface area contributed by atoms with E-state index >= 15 is 0 Å². The topological polar surface area (TPSA) is 77.1 Å². The SMILES string of the molecule is Cn1cccc1CCC(=O)NC1(C(N)=O)CCCCCC1. The molecule has 116 valence electrons. The molecule has 0 aliphatic heterocycles. The number of nitrogens with one attached hydrogen (secondary N) is 1. The molecule has 0 aromatic carbocycles. The summed E-state index contributed by atoms with van der Waals surface area (Å²) in [5.41, 5.74) is 5.86. The van der Waals surface area contributed by atoms with Crippen molar-refractivity contribution in [1.29, 1.82) is 0 Å². The number of aromatic nitrogens is 1. The summed E-state index contributed by atoms with van der Waals surface area (Å²) in [5.74, 6) is -0.478. The number of rotatable bonds is 5. The van der Waals surface area contributed by atoms with Crippen LogP contribution in [0.25, 0.3) is 0 Å². The molecule has 5 heteroatoms. The van der Waals surface area contributed by atoms with Crippen LogP contribution < -0.4 is 11.1 Å². The number of nitrogens with two attached hydrogens (primary N) is 1. The predicted octanol–water partition coefficient (Wildman–Crippen LogP) is 1.65. The molecule has 0 bridgehead atoms. The van der Waals surface area contributed by atoms with E-state index in [4.69, 9.17) is 5.73 Å². The summed E-state index contributed by atoms with van der Waals surface area (Å²) < 4.78 is 2.00. The third kappa shape index (κ3) is 3.86. The van der Waals surface area contributed by atoms with Gasteiger partial charge in [0.25, 0.3) is 0 Å². The third-order valence-corrected chi connectivity index (χ3v) is 4.47. The lowest BCUT2D eigenvalue weighted by atomic mass is 9.89. The number of primary amides is 1. The molecule has 2 rings (SSSR count). The summed E-state index contributed by atoms with van der Waals surface area (Å²) in [4.78, 5) is 24.1. The van der Waals surface area contributed by atoms with Crippen molar-refractivity contribution in [2.75, 3.05) is 0 Å². The van der Waals surface area contributed by atoms with Gasteiger partial charge in [-0.2, -0.15) is 0 Å². The van der Waals surface area contributed by atoms with Crippen molar-refractivity contribution in [2.24, 2.45) is 12.8 Å². The highest BCUT2D eigenvalue weighted by Gasteiger charge is 2.38. The number of amides is 2. The Morgan fingerprint density at radius 3 is 2.48 bits per heavy atom. The van der Waals surface area contributed by atoms with Crippen molar-refractivity contribution < 1.29 is 9.59 Å². The van der Waals surface area contributed by atoms with E-state index in [2.05, 4.69) is 5.32 Å². The Morgan fingerprint density at radius 1 is 1.29 bits per heavy atom. The first-order chi connectivity index (χ1) is 10.0. The molecule has 0 atom stereocenters. The van der Waals surface area contributed by atoms with Crippen LogP contribution in [0.15, 0.2) is 18.3 Å². The van der Waals surface area contributed by atoms with E-state index in [9.17, 15) is 9.59 Å². The highest BCUT2D eigenvalue weighted by Crippen LogP contribution is 2.27. The smallest absolute Gasteiger partial charge is 0.243 e. The molecule has 1 heterocycles. The maximum absolute atomic E-state index is 12.2. The molecule has 2 amide bonds. The average Bonchev–Trinajstić information content (AvgIpc) is 2.70. The fourth-order valence-electron chi connectivity index (χ4n) is 3.09. The average molecular weight is 291 g/mol. The predicted molar refractivity (Wildman–Crippen MR) is 81.5 cm³/mol. The normalized spacial score (nSPS) is 18.0. The van der Waals surface area contributed by atoms with E-state index in [-0.39, 0.29) is 5.91 Å². The van der Waals surface area contributed by atoms with Crippen LogP contribution in [0.5, 0.6) is 0 Å². The Morgan fingerprint density at radius 2 is 1.95 bits per heavy atom. The van der Waals surface area contributed by atoms with Gasteiger partial charge in [0.05, 0.1) is 0 Å². The quantitative estimate of drug-likeness (QED) is 0.809. The van der Waals surface area contributed by atoms with E-state index in [0.29, 0.717) is 25.7 Å². The third-order valence-electron chi connectivity index (χ3n) is 4.47. The second-order valence-corrected chi connectivity index (χ2v) is 6.02. The van der Waals surface area contributed by atoms with Gasteiger partial charge in [0.1, 0.15) is 5.54 Å². The molecular formula is C16H25N3O2. The van der Waals surface area contributed by atoms with Crippen LogP contribution in [0.2, 0.25) is 0 Å². The second kappa shape index (κ2) is 6.78. The second-order valence-electron chi connectivity index (χ2n) is 6.02. The summed E-state index contributed by atoms with van der Waals surface area (Å²) in [5, 5.41) is 2.93. The Kier molecular flexibility index (Phi) is 5.04. The van der Waals surface area contributed by atoms with Crippen LogP contribution >= 0.6 is 0 Å². The number of hydrogen-bond acceptors (Lipinski definition) is 2. The monoisotopic (exact) mass is 291 g/mol. The van der Waals surface area contributed by atoms with Crippen LogP contribution in [0.3, 0.4) is 0 Å². The van der Waals surface area contributed by atoms with Gasteiger partial charge in [-0.3, -0.25) is 9.59 Å². The maximum atomic E-state index is 12.2. The Labute approximate surface area is 125 Å². The number of hydrogen-bond donors (Lipinski definition) is 2. The first kappa shape index (κ1) is 15.6. The van der Waals surface area contributed by atoms with E-state index in [0.717, 1.165) is 31.4 Å². The zero-order chi connectivity index (χ0) is 15.3. The van der Waals surface area contributed by atoms with Crippen molar-refractivity contribution in [3.05, 3.63) is 24.0 Å². The summed E-state index contributed by atoms with van der Waals surface area (Å²) in [6.07, 6.45) is 8.45. The zero-order valence-electron chi connectivity index (χ0n) is 12.7. The van der Waals surface area contributed by atoms with Crippen LogP contribution in [0, 0.1) is 0 Å². The summed E-state index contributed by atoms with van der Waals surface area (Å²) in [7, 11) is 1.96. The zero-order valence-corrected chi connectivity index (χ0v) is 12.7. The van der Waals surface area contributed by atoms with Gasteiger partial charge in [0.15, 0.2) is 0 Å². The molecule has 21 heavy (non-hydrogen) atoms. The van der Waals surface area contributed by atoms with E-state index in [1.54, 1.807) is 0 Å². The first-order valence-electron chi connectivity index (χ1n) is 7.75.